The topological polar surface area (TPSA) is 30.5 Å². The molecule has 25 heavy (non-hydrogen) atoms. The molecule has 130 valence electrons. The lowest BCUT2D eigenvalue weighted by Gasteiger charge is -2.38. The molecule has 2 aliphatic rings. The maximum Gasteiger partial charge on any atom is 0.165 e. The van der Waals surface area contributed by atoms with Gasteiger partial charge in [-0.05, 0) is 30.0 Å². The molecule has 0 saturated carbocycles. The van der Waals surface area contributed by atoms with Gasteiger partial charge in [0, 0.05) is 11.5 Å². The van der Waals surface area contributed by atoms with Gasteiger partial charge in [0.15, 0.2) is 11.5 Å². The molecule has 0 unspecified atom stereocenters. The van der Waals surface area contributed by atoms with Crippen LogP contribution in [0.25, 0.3) is 0 Å². The highest BCUT2D eigenvalue weighted by Gasteiger charge is 2.40. The normalized spacial score (nSPS) is 23.6. The molecule has 3 nitrogen and oxygen atoms in total. The Labute approximate surface area is 157 Å². The van der Waals surface area contributed by atoms with E-state index in [1.807, 2.05) is 18.2 Å². The Bertz CT molecular complexity index is 850. The molecule has 2 aromatic rings. The van der Waals surface area contributed by atoms with E-state index < -0.39 is 0 Å². The van der Waals surface area contributed by atoms with Gasteiger partial charge in [0.2, 0.25) is 0 Å². The molecule has 3 atom stereocenters. The number of para-hydroxylation sites is 1. The molecular weight excluding hydrogens is 357 g/mol. The van der Waals surface area contributed by atoms with Gasteiger partial charge in [-0.2, -0.15) is 0 Å². The summed E-state index contributed by atoms with van der Waals surface area (Å²) >= 11 is 12.8. The highest BCUT2D eigenvalue weighted by Crippen LogP contribution is 2.54. The van der Waals surface area contributed by atoms with E-state index in [-0.39, 0.29) is 6.04 Å². The summed E-state index contributed by atoms with van der Waals surface area (Å²) in [4.78, 5) is 0. The molecule has 1 N–H and O–H groups in total. The lowest BCUT2D eigenvalue weighted by molar-refractivity contribution is 0.341. The van der Waals surface area contributed by atoms with Gasteiger partial charge in [-0.3, -0.25) is 0 Å². The average molecular weight is 376 g/mol. The number of anilines is 1. The summed E-state index contributed by atoms with van der Waals surface area (Å²) in [6, 6.07) is 9.99. The summed E-state index contributed by atoms with van der Waals surface area (Å²) in [6.45, 7) is 0. The van der Waals surface area contributed by atoms with E-state index in [0.717, 1.165) is 29.2 Å². The number of hydrogen-bond donors (Lipinski definition) is 1. The fraction of sp³-hybridized carbons (Fsp3) is 0.300. The van der Waals surface area contributed by atoms with Crippen molar-refractivity contribution in [2.24, 2.45) is 5.92 Å². The first-order valence-corrected chi connectivity index (χ1v) is 9.03. The first-order valence-electron chi connectivity index (χ1n) is 8.27. The van der Waals surface area contributed by atoms with Gasteiger partial charge in [0.05, 0.1) is 36.0 Å². The number of halogens is 2. The first-order chi connectivity index (χ1) is 12.2. The van der Waals surface area contributed by atoms with Crippen molar-refractivity contribution in [2.45, 2.75) is 18.4 Å². The number of methoxy groups -OCH3 is 2. The van der Waals surface area contributed by atoms with Crippen molar-refractivity contribution in [3.63, 3.8) is 0 Å². The van der Waals surface area contributed by atoms with Crippen molar-refractivity contribution in [3.05, 3.63) is 63.7 Å². The van der Waals surface area contributed by atoms with Crippen molar-refractivity contribution in [2.75, 3.05) is 19.5 Å². The number of allylic oxidation sites excluding steroid dienone is 2. The van der Waals surface area contributed by atoms with E-state index in [9.17, 15) is 0 Å². The summed E-state index contributed by atoms with van der Waals surface area (Å²) in [7, 11) is 3.33. The third-order valence-corrected chi connectivity index (χ3v) is 6.00. The van der Waals surface area contributed by atoms with Crippen molar-refractivity contribution in [1.29, 1.82) is 0 Å². The van der Waals surface area contributed by atoms with E-state index in [1.165, 1.54) is 5.56 Å². The molecule has 0 radical (unpaired) electrons. The molecular formula is C20H19Cl2NO2. The Morgan fingerprint density at radius 3 is 2.64 bits per heavy atom. The molecule has 1 heterocycles. The maximum atomic E-state index is 6.51. The fourth-order valence-corrected chi connectivity index (χ4v) is 4.45. The molecule has 2 aromatic carbocycles. The molecule has 0 fully saturated rings. The summed E-state index contributed by atoms with van der Waals surface area (Å²) in [5, 5.41) is 4.76. The lowest BCUT2D eigenvalue weighted by Crippen LogP contribution is -2.29. The van der Waals surface area contributed by atoms with Gasteiger partial charge in [0.1, 0.15) is 0 Å². The third-order valence-electron chi connectivity index (χ3n) is 5.20. The average Bonchev–Trinajstić information content (AvgIpc) is 3.13. The van der Waals surface area contributed by atoms with Crippen LogP contribution in [-0.2, 0) is 0 Å². The molecule has 1 aliphatic carbocycles. The fourth-order valence-electron chi connectivity index (χ4n) is 4.07. The molecule has 0 spiro atoms. The highest BCUT2D eigenvalue weighted by molar-refractivity contribution is 6.43. The Hall–Kier alpha value is -1.84. The number of fused-ring (bicyclic) bond motifs is 3. The van der Waals surface area contributed by atoms with Crippen LogP contribution >= 0.6 is 23.2 Å². The minimum Gasteiger partial charge on any atom is -0.493 e. The summed E-state index contributed by atoms with van der Waals surface area (Å²) < 4.78 is 11.1. The number of benzene rings is 2. The van der Waals surface area contributed by atoms with Gasteiger partial charge in [-0.15, -0.1) is 0 Å². The van der Waals surface area contributed by atoms with Crippen LogP contribution in [0.5, 0.6) is 11.5 Å². The zero-order valence-electron chi connectivity index (χ0n) is 14.1. The SMILES string of the molecule is COc1cccc([C@@H]2Nc3c(ccc(Cl)c3Cl)[C@@H]3C=CC[C@H]32)c1OC. The zero-order chi connectivity index (χ0) is 17.6. The van der Waals surface area contributed by atoms with Crippen molar-refractivity contribution >= 4 is 28.9 Å². The Morgan fingerprint density at radius 1 is 1.04 bits per heavy atom. The minimum absolute atomic E-state index is 0.0634. The standard InChI is InChI=1S/C20H19Cl2NO2/c1-24-16-8-4-7-14(20(16)25-2)18-12-6-3-5-11(12)13-9-10-15(21)17(22)19(13)23-18/h3-5,7-12,18,23H,6H2,1-2H3/t11-,12-,18-/m1/s1. The molecule has 0 aromatic heterocycles. The Kier molecular flexibility index (Phi) is 4.30. The largest absolute Gasteiger partial charge is 0.493 e. The van der Waals surface area contributed by atoms with Crippen LogP contribution in [0.1, 0.15) is 29.5 Å². The number of rotatable bonds is 3. The maximum absolute atomic E-state index is 6.51. The summed E-state index contributed by atoms with van der Waals surface area (Å²) in [5.74, 6) is 2.19. The smallest absolute Gasteiger partial charge is 0.165 e. The van der Waals surface area contributed by atoms with Crippen molar-refractivity contribution in [1.82, 2.24) is 0 Å². The van der Waals surface area contributed by atoms with Gasteiger partial charge in [-0.25, -0.2) is 0 Å². The van der Waals surface area contributed by atoms with Gasteiger partial charge < -0.3 is 14.8 Å². The van der Waals surface area contributed by atoms with Crippen LogP contribution in [-0.4, -0.2) is 14.2 Å². The quantitative estimate of drug-likeness (QED) is 0.683. The van der Waals surface area contributed by atoms with E-state index in [1.54, 1.807) is 14.2 Å². The minimum atomic E-state index is 0.0634. The highest BCUT2D eigenvalue weighted by atomic mass is 35.5. The Morgan fingerprint density at radius 2 is 1.88 bits per heavy atom. The van der Waals surface area contributed by atoms with Crippen molar-refractivity contribution in [3.8, 4) is 11.5 Å². The third kappa shape index (κ3) is 2.57. The molecule has 0 bridgehead atoms. The molecule has 5 heteroatoms. The predicted molar refractivity (Wildman–Crippen MR) is 102 cm³/mol. The van der Waals surface area contributed by atoms with Crippen LogP contribution in [0.15, 0.2) is 42.5 Å². The van der Waals surface area contributed by atoms with E-state index in [2.05, 4.69) is 29.6 Å². The number of ether oxygens (including phenoxy) is 2. The van der Waals surface area contributed by atoms with Gasteiger partial charge >= 0.3 is 0 Å². The monoisotopic (exact) mass is 375 g/mol. The second-order valence-electron chi connectivity index (χ2n) is 6.38. The summed E-state index contributed by atoms with van der Waals surface area (Å²) in [6.07, 6.45) is 5.52. The van der Waals surface area contributed by atoms with Gasteiger partial charge in [0.25, 0.3) is 0 Å². The number of hydrogen-bond acceptors (Lipinski definition) is 3. The number of nitrogens with one attached hydrogen (secondary N) is 1. The molecule has 4 rings (SSSR count). The zero-order valence-corrected chi connectivity index (χ0v) is 15.6. The molecule has 0 saturated heterocycles. The van der Waals surface area contributed by atoms with Crippen LogP contribution in [0.3, 0.4) is 0 Å². The van der Waals surface area contributed by atoms with Crippen LogP contribution in [0, 0.1) is 5.92 Å². The van der Waals surface area contributed by atoms with E-state index in [4.69, 9.17) is 32.7 Å². The van der Waals surface area contributed by atoms with Crippen LogP contribution < -0.4 is 14.8 Å². The second-order valence-corrected chi connectivity index (χ2v) is 7.17. The molecule has 1 aliphatic heterocycles. The summed E-state index contributed by atoms with van der Waals surface area (Å²) in [5.41, 5.74) is 3.19. The first kappa shape index (κ1) is 16.6. The predicted octanol–water partition coefficient (Wildman–Crippen LogP) is 5.84. The lowest BCUT2D eigenvalue weighted by atomic mass is 9.77. The van der Waals surface area contributed by atoms with E-state index in [0.29, 0.717) is 21.9 Å². The van der Waals surface area contributed by atoms with E-state index >= 15 is 0 Å². The molecule has 0 amide bonds. The Balaban J connectivity index is 1.86. The second kappa shape index (κ2) is 6.47. The van der Waals surface area contributed by atoms with Crippen molar-refractivity contribution < 1.29 is 9.47 Å². The van der Waals surface area contributed by atoms with Gasteiger partial charge in [-0.1, -0.05) is 53.6 Å². The van der Waals surface area contributed by atoms with Crippen LogP contribution in [0.2, 0.25) is 10.0 Å². The van der Waals surface area contributed by atoms with Crippen LogP contribution in [0.4, 0.5) is 5.69 Å².